The maximum Gasteiger partial charge on any atom is 0.191 e. The summed E-state index contributed by atoms with van der Waals surface area (Å²) in [6, 6.07) is 0.633. The lowest BCUT2D eigenvalue weighted by molar-refractivity contribution is 0.0310. The van der Waals surface area contributed by atoms with Crippen LogP contribution < -0.4 is 10.6 Å². The van der Waals surface area contributed by atoms with Crippen LogP contribution in [0.2, 0.25) is 0 Å². The molecule has 0 aliphatic heterocycles. The smallest absolute Gasteiger partial charge is 0.191 e. The van der Waals surface area contributed by atoms with Gasteiger partial charge in [0.05, 0.1) is 12.1 Å². The molecule has 0 atom stereocenters. The Morgan fingerprint density at radius 1 is 1.47 bits per heavy atom. The van der Waals surface area contributed by atoms with Crippen molar-refractivity contribution in [2.75, 3.05) is 20.2 Å². The quantitative estimate of drug-likeness (QED) is 0.531. The second-order valence-corrected chi connectivity index (χ2v) is 4.58. The highest BCUT2D eigenvalue weighted by atomic mass is 16.5. The summed E-state index contributed by atoms with van der Waals surface area (Å²) in [4.78, 5) is 4.51. The summed E-state index contributed by atoms with van der Waals surface area (Å²) in [5.41, 5.74) is -0.189. The summed E-state index contributed by atoms with van der Waals surface area (Å²) in [6.07, 6.45) is 2.52. The molecule has 0 aromatic carbocycles. The lowest BCUT2D eigenvalue weighted by Gasteiger charge is -2.21. The summed E-state index contributed by atoms with van der Waals surface area (Å²) in [6.45, 7) is 7.72. The first-order chi connectivity index (χ1) is 7.07. The lowest BCUT2D eigenvalue weighted by Crippen LogP contribution is -2.40. The number of rotatable bonds is 5. The van der Waals surface area contributed by atoms with Crippen LogP contribution in [0.25, 0.3) is 0 Å². The molecule has 88 valence electrons. The largest absolute Gasteiger partial charge is 0.377 e. The molecule has 0 unspecified atom stereocenters. The van der Waals surface area contributed by atoms with E-state index in [2.05, 4.69) is 22.5 Å². The molecule has 0 spiro atoms. The zero-order chi connectivity index (χ0) is 11.3. The summed E-state index contributed by atoms with van der Waals surface area (Å²) < 4.78 is 5.32. The first kappa shape index (κ1) is 12.3. The number of aliphatic imine (C=N–C) groups is 1. The van der Waals surface area contributed by atoms with E-state index in [1.807, 2.05) is 13.8 Å². The van der Waals surface area contributed by atoms with Gasteiger partial charge in [0.15, 0.2) is 5.96 Å². The molecule has 0 heterocycles. The molecule has 0 saturated heterocycles. The fraction of sp³-hybridized carbons (Fsp3) is 0.909. The van der Waals surface area contributed by atoms with Crippen LogP contribution in [-0.4, -0.2) is 37.8 Å². The van der Waals surface area contributed by atoms with E-state index < -0.39 is 0 Å². The van der Waals surface area contributed by atoms with Crippen molar-refractivity contribution in [3.63, 3.8) is 0 Å². The van der Waals surface area contributed by atoms with Gasteiger partial charge in [-0.05, 0) is 33.6 Å². The Bertz CT molecular complexity index is 222. The van der Waals surface area contributed by atoms with Gasteiger partial charge in [-0.3, -0.25) is 4.99 Å². The maximum atomic E-state index is 5.32. The zero-order valence-corrected chi connectivity index (χ0v) is 10.3. The molecule has 4 heteroatoms. The van der Waals surface area contributed by atoms with Gasteiger partial charge in [0.25, 0.3) is 0 Å². The molecule has 0 bridgehead atoms. The van der Waals surface area contributed by atoms with Crippen LogP contribution in [0.3, 0.4) is 0 Å². The molecule has 15 heavy (non-hydrogen) atoms. The Balaban J connectivity index is 2.41. The van der Waals surface area contributed by atoms with E-state index in [9.17, 15) is 0 Å². The first-order valence-corrected chi connectivity index (χ1v) is 5.67. The highest BCUT2D eigenvalue weighted by Gasteiger charge is 2.22. The van der Waals surface area contributed by atoms with Crippen LogP contribution in [0, 0.1) is 0 Å². The van der Waals surface area contributed by atoms with Gasteiger partial charge in [-0.25, -0.2) is 0 Å². The van der Waals surface area contributed by atoms with Crippen LogP contribution in [0.1, 0.15) is 33.6 Å². The van der Waals surface area contributed by atoms with Gasteiger partial charge in [0.2, 0.25) is 0 Å². The molecule has 1 aliphatic rings. The molecule has 4 nitrogen and oxygen atoms in total. The Hall–Kier alpha value is -0.770. The number of nitrogens with zero attached hydrogens (tertiary/aromatic N) is 1. The predicted octanol–water partition coefficient (Wildman–Crippen LogP) is 1.13. The van der Waals surface area contributed by atoms with Crippen molar-refractivity contribution in [1.82, 2.24) is 10.6 Å². The highest BCUT2D eigenvalue weighted by Crippen LogP contribution is 2.18. The predicted molar refractivity (Wildman–Crippen MR) is 63.2 cm³/mol. The third kappa shape index (κ3) is 5.02. The van der Waals surface area contributed by atoms with E-state index in [0.717, 1.165) is 12.5 Å². The van der Waals surface area contributed by atoms with Crippen LogP contribution in [0.4, 0.5) is 0 Å². The first-order valence-electron chi connectivity index (χ1n) is 5.67. The second-order valence-electron chi connectivity index (χ2n) is 4.58. The van der Waals surface area contributed by atoms with Crippen LogP contribution in [0.5, 0.6) is 0 Å². The second kappa shape index (κ2) is 5.35. The van der Waals surface area contributed by atoms with E-state index in [1.54, 1.807) is 7.11 Å². The molecule has 1 rings (SSSR count). The van der Waals surface area contributed by atoms with Crippen molar-refractivity contribution in [2.24, 2.45) is 4.99 Å². The summed E-state index contributed by atoms with van der Waals surface area (Å²) in [5, 5.41) is 6.61. The maximum absolute atomic E-state index is 5.32. The van der Waals surface area contributed by atoms with Gasteiger partial charge in [-0.2, -0.15) is 0 Å². The van der Waals surface area contributed by atoms with Gasteiger partial charge in [-0.1, -0.05) is 0 Å². The number of ether oxygens (including phenoxy) is 1. The average molecular weight is 213 g/mol. The minimum Gasteiger partial charge on any atom is -0.377 e. The zero-order valence-electron chi connectivity index (χ0n) is 10.3. The Morgan fingerprint density at radius 2 is 2.13 bits per heavy atom. The number of nitrogens with one attached hydrogen (secondary N) is 2. The number of hydrogen-bond donors (Lipinski definition) is 2. The molecule has 0 radical (unpaired) electrons. The van der Waals surface area contributed by atoms with Gasteiger partial charge in [-0.15, -0.1) is 0 Å². The molecule has 1 fully saturated rings. The summed E-state index contributed by atoms with van der Waals surface area (Å²) in [7, 11) is 1.72. The molecule has 0 aromatic heterocycles. The molecule has 0 amide bonds. The molecule has 1 saturated carbocycles. The van der Waals surface area contributed by atoms with Crippen molar-refractivity contribution in [3.8, 4) is 0 Å². The number of methoxy groups -OCH3 is 1. The minimum absolute atomic E-state index is 0.189. The van der Waals surface area contributed by atoms with E-state index in [1.165, 1.54) is 12.8 Å². The molecule has 1 aliphatic carbocycles. The summed E-state index contributed by atoms with van der Waals surface area (Å²) in [5.74, 6) is 0.908. The Labute approximate surface area is 92.5 Å². The standard InChI is InChI=1S/C11H23N3O/c1-5-12-10(14-9-6-7-9)13-8-11(2,3)15-4/h9H,5-8H2,1-4H3,(H2,12,13,14). The van der Waals surface area contributed by atoms with Crippen LogP contribution in [0.15, 0.2) is 4.99 Å². The molecule has 2 N–H and O–H groups in total. The van der Waals surface area contributed by atoms with E-state index in [4.69, 9.17) is 4.74 Å². The number of hydrogen-bond acceptors (Lipinski definition) is 2. The van der Waals surface area contributed by atoms with Crippen molar-refractivity contribution < 1.29 is 4.74 Å². The fourth-order valence-corrected chi connectivity index (χ4v) is 1.08. The van der Waals surface area contributed by atoms with Crippen molar-refractivity contribution in [3.05, 3.63) is 0 Å². The van der Waals surface area contributed by atoms with E-state index >= 15 is 0 Å². The monoisotopic (exact) mass is 213 g/mol. The molecular weight excluding hydrogens is 190 g/mol. The lowest BCUT2D eigenvalue weighted by atomic mass is 10.1. The van der Waals surface area contributed by atoms with Crippen molar-refractivity contribution in [1.29, 1.82) is 0 Å². The van der Waals surface area contributed by atoms with E-state index in [0.29, 0.717) is 12.6 Å². The minimum atomic E-state index is -0.189. The topological polar surface area (TPSA) is 45.7 Å². The third-order valence-electron chi connectivity index (χ3n) is 2.43. The van der Waals surface area contributed by atoms with Crippen LogP contribution in [-0.2, 0) is 4.74 Å². The third-order valence-corrected chi connectivity index (χ3v) is 2.43. The SMILES string of the molecule is CCNC(=NCC(C)(C)OC)NC1CC1. The van der Waals surface area contributed by atoms with Gasteiger partial charge >= 0.3 is 0 Å². The van der Waals surface area contributed by atoms with Gasteiger partial charge in [0.1, 0.15) is 0 Å². The number of guanidine groups is 1. The summed E-state index contributed by atoms with van der Waals surface area (Å²) >= 11 is 0. The Kier molecular flexibility index (Phi) is 4.39. The van der Waals surface area contributed by atoms with Gasteiger partial charge < -0.3 is 15.4 Å². The highest BCUT2D eigenvalue weighted by molar-refractivity contribution is 5.80. The molecule has 0 aromatic rings. The van der Waals surface area contributed by atoms with E-state index in [-0.39, 0.29) is 5.60 Å². The van der Waals surface area contributed by atoms with Crippen LogP contribution >= 0.6 is 0 Å². The molecular formula is C11H23N3O. The Morgan fingerprint density at radius 3 is 2.60 bits per heavy atom. The van der Waals surface area contributed by atoms with Gasteiger partial charge in [0, 0.05) is 19.7 Å². The van der Waals surface area contributed by atoms with Crippen molar-refractivity contribution >= 4 is 5.96 Å². The fourth-order valence-electron chi connectivity index (χ4n) is 1.08. The van der Waals surface area contributed by atoms with Crippen molar-refractivity contribution in [2.45, 2.75) is 45.3 Å². The normalized spacial score (nSPS) is 17.7. The average Bonchev–Trinajstić information content (AvgIpc) is 2.99.